The zero-order valence-electron chi connectivity index (χ0n) is 12.0. The van der Waals surface area contributed by atoms with Crippen LogP contribution >= 0.6 is 11.6 Å². The average molecular weight is 309 g/mol. The first-order valence-corrected chi connectivity index (χ1v) is 8.00. The summed E-state index contributed by atoms with van der Waals surface area (Å²) in [5.41, 5.74) is 1.19. The summed E-state index contributed by atoms with van der Waals surface area (Å²) in [5.74, 6) is -0.801. The highest BCUT2D eigenvalue weighted by Gasteiger charge is 2.37. The van der Waals surface area contributed by atoms with E-state index in [0.717, 1.165) is 50.5 Å². The molecule has 1 aromatic carbocycles. The first-order chi connectivity index (χ1) is 10.1. The van der Waals surface area contributed by atoms with Gasteiger partial charge in [-0.15, -0.1) is 0 Å². The fourth-order valence-corrected chi connectivity index (χ4v) is 3.76. The van der Waals surface area contributed by atoms with Crippen LogP contribution in [-0.2, 0) is 4.79 Å². The van der Waals surface area contributed by atoms with Crippen molar-refractivity contribution in [2.75, 3.05) is 31.1 Å². The number of carboxylic acid groups (broad SMARTS) is 1. The Balaban J connectivity index is 1.60. The van der Waals surface area contributed by atoms with Crippen LogP contribution in [0.5, 0.6) is 0 Å². The van der Waals surface area contributed by atoms with E-state index >= 15 is 0 Å². The maximum Gasteiger partial charge on any atom is 0.308 e. The summed E-state index contributed by atoms with van der Waals surface area (Å²) in [6, 6.07) is 8.16. The molecule has 1 saturated carbocycles. The maximum absolute atomic E-state index is 11.3. The number of nitrogens with zero attached hydrogens (tertiary/aromatic N) is 2. The normalized spacial score (nSPS) is 27.0. The predicted molar refractivity (Wildman–Crippen MR) is 84.0 cm³/mol. The van der Waals surface area contributed by atoms with Crippen molar-refractivity contribution in [2.45, 2.75) is 25.3 Å². The van der Waals surface area contributed by atoms with Crippen LogP contribution in [0.3, 0.4) is 0 Å². The van der Waals surface area contributed by atoms with E-state index in [4.69, 9.17) is 11.6 Å². The highest BCUT2D eigenvalue weighted by Crippen LogP contribution is 2.31. The number of halogens is 1. The summed E-state index contributed by atoms with van der Waals surface area (Å²) >= 11 is 5.92. The molecule has 1 saturated heterocycles. The smallest absolute Gasteiger partial charge is 0.308 e. The van der Waals surface area contributed by atoms with Crippen LogP contribution in [0, 0.1) is 5.92 Å². The molecule has 0 amide bonds. The molecule has 3 rings (SSSR count). The van der Waals surface area contributed by atoms with Gasteiger partial charge in [-0.05, 0) is 37.1 Å². The summed E-state index contributed by atoms with van der Waals surface area (Å²) in [7, 11) is 0. The molecule has 4 nitrogen and oxygen atoms in total. The number of piperazine rings is 1. The molecular formula is C16H21ClN2O2. The lowest BCUT2D eigenvalue weighted by atomic mass is 10.0. The molecule has 2 atom stereocenters. The molecule has 2 unspecified atom stereocenters. The van der Waals surface area contributed by atoms with Gasteiger partial charge in [-0.1, -0.05) is 18.0 Å². The third-order valence-corrected chi connectivity index (χ3v) is 5.02. The molecule has 0 bridgehead atoms. The second-order valence-corrected chi connectivity index (χ2v) is 6.38. The van der Waals surface area contributed by atoms with E-state index in [2.05, 4.69) is 9.80 Å². The van der Waals surface area contributed by atoms with Crippen LogP contribution in [0.2, 0.25) is 5.02 Å². The minimum absolute atomic E-state index is 0.174. The van der Waals surface area contributed by atoms with Gasteiger partial charge in [0.2, 0.25) is 0 Å². The number of rotatable bonds is 3. The van der Waals surface area contributed by atoms with Crippen molar-refractivity contribution in [2.24, 2.45) is 5.92 Å². The Bertz CT molecular complexity index is 498. The van der Waals surface area contributed by atoms with Gasteiger partial charge in [-0.25, -0.2) is 0 Å². The molecule has 1 heterocycles. The molecule has 0 radical (unpaired) electrons. The van der Waals surface area contributed by atoms with Crippen molar-refractivity contribution in [1.82, 2.24) is 4.90 Å². The van der Waals surface area contributed by atoms with E-state index in [1.54, 1.807) is 0 Å². The third-order valence-electron chi connectivity index (χ3n) is 4.77. The summed E-state index contributed by atoms with van der Waals surface area (Å²) < 4.78 is 0. The Morgan fingerprint density at radius 1 is 1.10 bits per heavy atom. The lowest BCUT2D eigenvalue weighted by Crippen LogP contribution is -2.52. The van der Waals surface area contributed by atoms with Gasteiger partial charge in [0.15, 0.2) is 0 Å². The van der Waals surface area contributed by atoms with Gasteiger partial charge in [-0.2, -0.15) is 0 Å². The fraction of sp³-hybridized carbons (Fsp3) is 0.562. The van der Waals surface area contributed by atoms with E-state index in [9.17, 15) is 9.90 Å². The predicted octanol–water partition coefficient (Wildman–Crippen LogP) is 2.72. The van der Waals surface area contributed by atoms with Crippen molar-refractivity contribution in [1.29, 1.82) is 0 Å². The topological polar surface area (TPSA) is 43.8 Å². The number of hydrogen-bond acceptors (Lipinski definition) is 3. The Kier molecular flexibility index (Phi) is 4.36. The van der Waals surface area contributed by atoms with Crippen molar-refractivity contribution in [3.63, 3.8) is 0 Å². The summed E-state index contributed by atoms with van der Waals surface area (Å²) in [6.07, 6.45) is 2.90. The van der Waals surface area contributed by atoms with Crippen molar-refractivity contribution in [3.05, 3.63) is 29.3 Å². The van der Waals surface area contributed by atoms with Crippen LogP contribution in [0.25, 0.3) is 0 Å². The Labute approximate surface area is 130 Å². The van der Waals surface area contributed by atoms with Gasteiger partial charge in [0.05, 0.1) is 5.92 Å². The fourth-order valence-electron chi connectivity index (χ4n) is 3.63. The quantitative estimate of drug-likeness (QED) is 0.932. The van der Waals surface area contributed by atoms with Crippen molar-refractivity contribution in [3.8, 4) is 0 Å². The van der Waals surface area contributed by atoms with Crippen LogP contribution < -0.4 is 4.90 Å². The summed E-state index contributed by atoms with van der Waals surface area (Å²) in [4.78, 5) is 16.0. The second-order valence-electron chi connectivity index (χ2n) is 5.94. The first kappa shape index (κ1) is 14.7. The number of hydrogen-bond donors (Lipinski definition) is 1. The van der Waals surface area contributed by atoms with Crippen molar-refractivity contribution < 1.29 is 9.90 Å². The number of carboxylic acids is 1. The zero-order chi connectivity index (χ0) is 14.8. The molecule has 1 aliphatic heterocycles. The molecule has 0 aromatic heterocycles. The maximum atomic E-state index is 11.3. The molecule has 1 aliphatic carbocycles. The molecule has 21 heavy (non-hydrogen) atoms. The van der Waals surface area contributed by atoms with E-state index in [-0.39, 0.29) is 12.0 Å². The van der Waals surface area contributed by atoms with Crippen LogP contribution in [0.4, 0.5) is 5.69 Å². The SMILES string of the molecule is O=C(O)C1CCCC1N1CCN(c2ccc(Cl)cc2)CC1. The highest BCUT2D eigenvalue weighted by atomic mass is 35.5. The minimum Gasteiger partial charge on any atom is -0.481 e. The molecule has 2 aliphatic rings. The molecule has 114 valence electrons. The van der Waals surface area contributed by atoms with Crippen LogP contribution in [0.15, 0.2) is 24.3 Å². The van der Waals surface area contributed by atoms with Crippen LogP contribution in [0.1, 0.15) is 19.3 Å². The van der Waals surface area contributed by atoms with Gasteiger partial charge >= 0.3 is 5.97 Å². The van der Waals surface area contributed by atoms with E-state index < -0.39 is 5.97 Å². The van der Waals surface area contributed by atoms with Gasteiger partial charge in [0, 0.05) is 42.9 Å². The van der Waals surface area contributed by atoms with Crippen molar-refractivity contribution >= 4 is 23.3 Å². The number of benzene rings is 1. The number of aliphatic carboxylic acids is 1. The molecular weight excluding hydrogens is 288 g/mol. The average Bonchev–Trinajstić information content (AvgIpc) is 2.98. The molecule has 0 spiro atoms. The largest absolute Gasteiger partial charge is 0.481 e. The molecule has 1 aromatic rings. The third kappa shape index (κ3) is 3.16. The van der Waals surface area contributed by atoms with E-state index in [1.165, 1.54) is 5.69 Å². The molecule has 2 fully saturated rings. The Hall–Kier alpha value is -1.26. The highest BCUT2D eigenvalue weighted by molar-refractivity contribution is 6.30. The van der Waals surface area contributed by atoms with Gasteiger partial charge in [0.25, 0.3) is 0 Å². The molecule has 5 heteroatoms. The molecule has 1 N–H and O–H groups in total. The monoisotopic (exact) mass is 308 g/mol. The summed E-state index contributed by atoms with van der Waals surface area (Å²) in [5, 5.41) is 10.1. The Morgan fingerprint density at radius 2 is 1.76 bits per heavy atom. The Morgan fingerprint density at radius 3 is 2.38 bits per heavy atom. The van der Waals surface area contributed by atoms with Gasteiger partial charge in [-0.3, -0.25) is 9.69 Å². The van der Waals surface area contributed by atoms with Crippen LogP contribution in [-0.4, -0.2) is 48.2 Å². The lowest BCUT2D eigenvalue weighted by Gasteiger charge is -2.40. The lowest BCUT2D eigenvalue weighted by molar-refractivity contribution is -0.143. The zero-order valence-corrected chi connectivity index (χ0v) is 12.8. The number of carbonyl (C=O) groups is 1. The van der Waals surface area contributed by atoms with Gasteiger partial charge < -0.3 is 10.0 Å². The second kappa shape index (κ2) is 6.24. The number of anilines is 1. The standard InChI is InChI=1S/C16H21ClN2O2/c17-12-4-6-13(7-5-12)18-8-10-19(11-9-18)15-3-1-2-14(15)16(20)21/h4-7,14-15H,1-3,8-11H2,(H,20,21). The first-order valence-electron chi connectivity index (χ1n) is 7.62. The van der Waals surface area contributed by atoms with E-state index in [0.29, 0.717) is 0 Å². The van der Waals surface area contributed by atoms with E-state index in [1.807, 2.05) is 24.3 Å². The summed E-state index contributed by atoms with van der Waals surface area (Å²) in [6.45, 7) is 3.78. The van der Waals surface area contributed by atoms with Gasteiger partial charge in [0.1, 0.15) is 0 Å². The minimum atomic E-state index is -0.627.